The Morgan fingerprint density at radius 2 is 1.59 bits per heavy atom. The molecule has 0 atom stereocenters. The van der Waals surface area contributed by atoms with Gasteiger partial charge in [-0.3, -0.25) is 4.79 Å². The van der Waals surface area contributed by atoms with Crippen molar-refractivity contribution in [1.82, 2.24) is 4.90 Å². The fourth-order valence-electron chi connectivity index (χ4n) is 2.96. The van der Waals surface area contributed by atoms with E-state index in [1.807, 2.05) is 29.2 Å². The van der Waals surface area contributed by atoms with Gasteiger partial charge in [-0.2, -0.15) is 0 Å². The third-order valence-corrected chi connectivity index (χ3v) is 4.79. The minimum absolute atomic E-state index is 0.0113. The van der Waals surface area contributed by atoms with E-state index in [0.29, 0.717) is 18.7 Å². The molecule has 1 amide bonds. The summed E-state index contributed by atoms with van der Waals surface area (Å²) in [5, 5.41) is 0.720. The molecule has 0 bridgehead atoms. The molecule has 2 aromatic carbocycles. The van der Waals surface area contributed by atoms with Crippen LogP contribution in [0.15, 0.2) is 54.6 Å². The Labute approximate surface area is 163 Å². The number of nitrogens with zero attached hydrogens (tertiary/aromatic N) is 2. The number of carbonyl (C=O) groups excluding carboxylic acids is 2. The van der Waals surface area contributed by atoms with Gasteiger partial charge < -0.3 is 14.5 Å². The third-order valence-electron chi connectivity index (χ3n) is 4.53. The minimum atomic E-state index is -0.375. The maximum absolute atomic E-state index is 12.4. The zero-order valence-electron chi connectivity index (χ0n) is 15.1. The molecule has 2 aromatic rings. The molecule has 6 heteroatoms. The Balaban J connectivity index is 1.54. The monoisotopic (exact) mass is 384 g/mol. The largest absolute Gasteiger partial charge is 0.465 e. The molecule has 27 heavy (non-hydrogen) atoms. The first-order chi connectivity index (χ1) is 13.1. The summed E-state index contributed by atoms with van der Waals surface area (Å²) in [4.78, 5) is 27.9. The number of hydrogen-bond acceptors (Lipinski definition) is 4. The summed E-state index contributed by atoms with van der Waals surface area (Å²) < 4.78 is 4.67. The van der Waals surface area contributed by atoms with Gasteiger partial charge in [0.25, 0.3) is 0 Å². The van der Waals surface area contributed by atoms with Crippen molar-refractivity contribution in [1.29, 1.82) is 0 Å². The van der Waals surface area contributed by atoms with Crippen molar-refractivity contribution in [3.63, 3.8) is 0 Å². The summed E-state index contributed by atoms with van der Waals surface area (Å²) in [6.45, 7) is 2.92. The number of ether oxygens (including phenoxy) is 1. The molecule has 0 aromatic heterocycles. The van der Waals surface area contributed by atoms with Gasteiger partial charge in [-0.25, -0.2) is 4.79 Å². The van der Waals surface area contributed by atoms with E-state index >= 15 is 0 Å². The van der Waals surface area contributed by atoms with E-state index in [0.717, 1.165) is 29.4 Å². The first-order valence-electron chi connectivity index (χ1n) is 8.73. The second-order valence-corrected chi connectivity index (χ2v) is 6.67. The summed E-state index contributed by atoms with van der Waals surface area (Å²) in [6.07, 6.45) is 3.33. The number of piperazine rings is 1. The van der Waals surface area contributed by atoms with Gasteiger partial charge in [-0.1, -0.05) is 23.7 Å². The van der Waals surface area contributed by atoms with E-state index in [1.165, 1.54) is 7.11 Å². The molecule has 3 rings (SSSR count). The highest BCUT2D eigenvalue weighted by molar-refractivity contribution is 6.30. The van der Waals surface area contributed by atoms with Crippen LogP contribution in [0, 0.1) is 0 Å². The van der Waals surface area contributed by atoms with Crippen molar-refractivity contribution < 1.29 is 14.3 Å². The third kappa shape index (κ3) is 4.89. The predicted octanol–water partition coefficient (Wildman–Crippen LogP) is 3.49. The summed E-state index contributed by atoms with van der Waals surface area (Å²) in [6, 6.07) is 14.7. The zero-order valence-corrected chi connectivity index (χ0v) is 15.9. The molecular weight excluding hydrogens is 364 g/mol. The van der Waals surface area contributed by atoms with Crippen LogP contribution in [-0.4, -0.2) is 50.1 Å². The van der Waals surface area contributed by atoms with Gasteiger partial charge in [0.2, 0.25) is 5.91 Å². The quantitative estimate of drug-likeness (QED) is 0.598. The molecule has 0 spiro atoms. The summed E-state index contributed by atoms with van der Waals surface area (Å²) in [5.74, 6) is -0.386. The highest BCUT2D eigenvalue weighted by Gasteiger charge is 2.19. The van der Waals surface area contributed by atoms with Crippen molar-refractivity contribution in [2.45, 2.75) is 0 Å². The Bertz CT molecular complexity index is 824. The number of benzene rings is 2. The number of anilines is 1. The van der Waals surface area contributed by atoms with Crippen LogP contribution < -0.4 is 4.90 Å². The maximum Gasteiger partial charge on any atom is 0.337 e. The first-order valence-corrected chi connectivity index (χ1v) is 9.10. The number of amides is 1. The zero-order chi connectivity index (χ0) is 19.2. The number of hydrogen-bond donors (Lipinski definition) is 0. The molecule has 0 N–H and O–H groups in total. The lowest BCUT2D eigenvalue weighted by molar-refractivity contribution is -0.126. The SMILES string of the molecule is COC(=O)c1ccc(/C=C/C(=O)N2CCN(c3ccc(Cl)cc3)CC2)cc1. The number of rotatable bonds is 4. The molecule has 0 saturated carbocycles. The minimum Gasteiger partial charge on any atom is -0.465 e. The standard InChI is InChI=1S/C21H21ClN2O3/c1-27-21(26)17-5-2-16(3-6-17)4-11-20(25)24-14-12-23(13-15-24)19-9-7-18(22)8-10-19/h2-11H,12-15H2,1H3/b11-4+. The van der Waals surface area contributed by atoms with E-state index in [1.54, 1.807) is 36.4 Å². The van der Waals surface area contributed by atoms with Crippen molar-refractivity contribution in [3.8, 4) is 0 Å². The van der Waals surface area contributed by atoms with Crippen molar-refractivity contribution in [2.24, 2.45) is 0 Å². The van der Waals surface area contributed by atoms with Crippen LogP contribution in [0.4, 0.5) is 5.69 Å². The van der Waals surface area contributed by atoms with E-state index < -0.39 is 0 Å². The molecule has 1 aliphatic rings. The van der Waals surface area contributed by atoms with Gasteiger partial charge >= 0.3 is 5.97 Å². The molecule has 1 heterocycles. The first kappa shape index (κ1) is 19.0. The van der Waals surface area contributed by atoms with E-state index in [2.05, 4.69) is 9.64 Å². The van der Waals surface area contributed by atoms with Gasteiger partial charge in [0.05, 0.1) is 12.7 Å². The van der Waals surface area contributed by atoms with Crippen molar-refractivity contribution in [2.75, 3.05) is 38.2 Å². The number of methoxy groups -OCH3 is 1. The molecule has 5 nitrogen and oxygen atoms in total. The number of carbonyl (C=O) groups is 2. The topological polar surface area (TPSA) is 49.9 Å². The van der Waals surface area contributed by atoms with Crippen LogP contribution in [0.5, 0.6) is 0 Å². The van der Waals surface area contributed by atoms with Crippen LogP contribution in [-0.2, 0) is 9.53 Å². The maximum atomic E-state index is 12.4. The fraction of sp³-hybridized carbons (Fsp3) is 0.238. The fourth-order valence-corrected chi connectivity index (χ4v) is 3.08. The van der Waals surface area contributed by atoms with Crippen molar-refractivity contribution in [3.05, 3.63) is 70.8 Å². The summed E-state index contributed by atoms with van der Waals surface area (Å²) in [7, 11) is 1.35. The second kappa shape index (κ2) is 8.73. The van der Waals surface area contributed by atoms with Crippen molar-refractivity contribution >= 4 is 35.2 Å². The van der Waals surface area contributed by atoms with E-state index in [9.17, 15) is 9.59 Å². The Kier molecular flexibility index (Phi) is 6.14. The van der Waals surface area contributed by atoms with Crippen LogP contribution in [0.1, 0.15) is 15.9 Å². The lowest BCUT2D eigenvalue weighted by atomic mass is 10.1. The summed E-state index contributed by atoms with van der Waals surface area (Å²) in [5.41, 5.74) is 2.46. The van der Waals surface area contributed by atoms with E-state index in [-0.39, 0.29) is 11.9 Å². The molecule has 0 radical (unpaired) electrons. The molecule has 1 fully saturated rings. The molecule has 1 aliphatic heterocycles. The van der Waals surface area contributed by atoms with Gasteiger partial charge in [0.1, 0.15) is 0 Å². The number of esters is 1. The average Bonchev–Trinajstić information content (AvgIpc) is 2.72. The highest BCUT2D eigenvalue weighted by atomic mass is 35.5. The molecule has 140 valence electrons. The normalized spacial score (nSPS) is 14.4. The van der Waals surface area contributed by atoms with E-state index in [4.69, 9.17) is 11.6 Å². The molecule has 1 saturated heterocycles. The predicted molar refractivity (Wildman–Crippen MR) is 107 cm³/mol. The van der Waals surface area contributed by atoms with Gasteiger partial charge in [-0.05, 0) is 48.0 Å². The van der Waals surface area contributed by atoms with Crippen LogP contribution >= 0.6 is 11.6 Å². The van der Waals surface area contributed by atoms with Gasteiger partial charge in [0.15, 0.2) is 0 Å². The second-order valence-electron chi connectivity index (χ2n) is 6.24. The van der Waals surface area contributed by atoms with Gasteiger partial charge in [-0.15, -0.1) is 0 Å². The smallest absolute Gasteiger partial charge is 0.337 e. The highest BCUT2D eigenvalue weighted by Crippen LogP contribution is 2.19. The average molecular weight is 385 g/mol. The van der Waals surface area contributed by atoms with Crippen LogP contribution in [0.2, 0.25) is 5.02 Å². The lowest BCUT2D eigenvalue weighted by Gasteiger charge is -2.35. The summed E-state index contributed by atoms with van der Waals surface area (Å²) >= 11 is 5.93. The lowest BCUT2D eigenvalue weighted by Crippen LogP contribution is -2.48. The Morgan fingerprint density at radius 1 is 0.963 bits per heavy atom. The Morgan fingerprint density at radius 3 is 2.19 bits per heavy atom. The molecule has 0 unspecified atom stereocenters. The molecular formula is C21H21ClN2O3. The number of halogens is 1. The Hall–Kier alpha value is -2.79. The van der Waals surface area contributed by atoms with Crippen LogP contribution in [0.25, 0.3) is 6.08 Å². The van der Waals surface area contributed by atoms with Crippen LogP contribution in [0.3, 0.4) is 0 Å². The molecule has 0 aliphatic carbocycles. The van der Waals surface area contributed by atoms with Gasteiger partial charge in [0, 0.05) is 43.0 Å².